The third kappa shape index (κ3) is 6.38. The molecule has 0 aliphatic carbocycles. The van der Waals surface area contributed by atoms with E-state index < -0.39 is 48.3 Å². The Morgan fingerprint density at radius 2 is 1.82 bits per heavy atom. The Bertz CT molecular complexity index is 1460. The normalized spacial score (nSPS) is 18.8. The van der Waals surface area contributed by atoms with Crippen LogP contribution in [0.4, 0.5) is 10.1 Å². The quantitative estimate of drug-likeness (QED) is 0.163. The molecule has 200 valence electrons. The Kier molecular flexibility index (Phi) is 8.14. The fourth-order valence-electron chi connectivity index (χ4n) is 3.69. The summed E-state index contributed by atoms with van der Waals surface area (Å²) in [5.74, 6) is -0.570. The van der Waals surface area contributed by atoms with Gasteiger partial charge in [-0.2, -0.15) is 12.8 Å². The predicted molar refractivity (Wildman–Crippen MR) is 135 cm³/mol. The summed E-state index contributed by atoms with van der Waals surface area (Å²) in [6.45, 7) is 1.94. The Morgan fingerprint density at radius 3 is 2.42 bits per heavy atom. The van der Waals surface area contributed by atoms with Crippen LogP contribution in [-0.4, -0.2) is 35.9 Å². The lowest BCUT2D eigenvalue weighted by Gasteiger charge is -2.27. The van der Waals surface area contributed by atoms with Crippen LogP contribution in [0.1, 0.15) is 30.0 Å². The number of furan rings is 1. The van der Waals surface area contributed by atoms with E-state index in [-0.39, 0.29) is 17.2 Å². The van der Waals surface area contributed by atoms with Gasteiger partial charge in [-0.3, -0.25) is 20.2 Å². The monoisotopic (exact) mass is 561 g/mol. The van der Waals surface area contributed by atoms with Gasteiger partial charge in [-0.1, -0.05) is 19.1 Å². The summed E-state index contributed by atoms with van der Waals surface area (Å²) in [6, 6.07) is 11.0. The van der Waals surface area contributed by atoms with Crippen molar-refractivity contribution in [2.24, 2.45) is 4.40 Å². The van der Waals surface area contributed by atoms with Gasteiger partial charge < -0.3 is 14.8 Å². The van der Waals surface area contributed by atoms with E-state index in [0.717, 1.165) is 42.2 Å². The molecule has 1 aliphatic rings. The van der Waals surface area contributed by atoms with Crippen LogP contribution in [0, 0.1) is 15.9 Å². The number of sulfonamides is 1. The molecule has 4 rings (SSSR count). The maximum absolute atomic E-state index is 13.5. The number of nitro benzene ring substituents is 1. The van der Waals surface area contributed by atoms with Gasteiger partial charge in [0.15, 0.2) is 0 Å². The fourth-order valence-corrected chi connectivity index (χ4v) is 5.80. The lowest BCUT2D eigenvalue weighted by atomic mass is 10.1. The minimum atomic E-state index is -4.53. The SMILES string of the molecule is CCc1ccc(CC2SC(NC(C([O-])=NS(=O)(=O)c3ccc([N+](=O)[O-])cc3)c3ccc(F)cc3)NC2=O)o1. The van der Waals surface area contributed by atoms with E-state index in [4.69, 9.17) is 4.42 Å². The highest BCUT2D eigenvalue weighted by atomic mass is 32.2. The predicted octanol–water partition coefficient (Wildman–Crippen LogP) is 2.43. The van der Waals surface area contributed by atoms with Crippen LogP contribution < -0.4 is 15.7 Å². The van der Waals surface area contributed by atoms with Gasteiger partial charge in [-0.05, 0) is 47.9 Å². The molecular formula is C24H22FN4O7S2-. The molecule has 0 spiro atoms. The van der Waals surface area contributed by atoms with Gasteiger partial charge in [-0.25, -0.2) is 4.39 Å². The number of rotatable bonds is 10. The van der Waals surface area contributed by atoms with Crippen LogP contribution in [-0.2, 0) is 27.7 Å². The van der Waals surface area contributed by atoms with Crippen molar-refractivity contribution in [1.29, 1.82) is 0 Å². The van der Waals surface area contributed by atoms with E-state index >= 15 is 0 Å². The number of aryl methyl sites for hydroxylation is 1. The summed E-state index contributed by atoms with van der Waals surface area (Å²) in [5.41, 5.74) is -0.898. The summed E-state index contributed by atoms with van der Waals surface area (Å²) in [4.78, 5) is 22.3. The molecule has 3 atom stereocenters. The molecule has 14 heteroatoms. The summed E-state index contributed by atoms with van der Waals surface area (Å²) < 4.78 is 48.1. The molecule has 38 heavy (non-hydrogen) atoms. The van der Waals surface area contributed by atoms with Gasteiger partial charge in [-0.15, -0.1) is 11.8 Å². The van der Waals surface area contributed by atoms with E-state index in [1.807, 2.05) is 13.0 Å². The molecule has 2 N–H and O–H groups in total. The van der Waals surface area contributed by atoms with E-state index in [9.17, 15) is 32.8 Å². The molecule has 0 saturated carbocycles. The van der Waals surface area contributed by atoms with Crippen LogP contribution in [0.25, 0.3) is 0 Å². The van der Waals surface area contributed by atoms with Crippen molar-refractivity contribution in [3.05, 3.63) is 93.7 Å². The summed E-state index contributed by atoms with van der Waals surface area (Å²) in [5, 5.41) is 29.0. The number of benzene rings is 2. The van der Waals surface area contributed by atoms with Gasteiger partial charge in [0.2, 0.25) is 5.91 Å². The standard InChI is InChI=1S/C24H23FN4O7S2/c1-2-17-9-10-18(36-17)13-20-22(30)27-24(37-20)26-21(14-3-5-15(25)6-4-14)23(31)28-38(34,35)19-11-7-16(8-12-19)29(32)33/h3-12,20-21,24,26H,2,13H2,1H3,(H,27,30)(H,28,31)/p-1. The molecule has 3 unspecified atom stereocenters. The maximum Gasteiger partial charge on any atom is 0.281 e. The number of carbonyl (C=O) groups is 1. The average molecular weight is 562 g/mol. The number of nitrogens with zero attached hydrogens (tertiary/aromatic N) is 2. The zero-order valence-corrected chi connectivity index (χ0v) is 21.5. The average Bonchev–Trinajstić information content (AvgIpc) is 3.48. The zero-order chi connectivity index (χ0) is 27.4. The molecule has 1 saturated heterocycles. The van der Waals surface area contributed by atoms with Crippen molar-refractivity contribution in [2.75, 3.05) is 0 Å². The number of hydrogen-bond donors (Lipinski definition) is 2. The van der Waals surface area contributed by atoms with Crippen molar-refractivity contribution in [2.45, 2.75) is 41.5 Å². The van der Waals surface area contributed by atoms with E-state index in [2.05, 4.69) is 15.0 Å². The number of thioether (sulfide) groups is 1. The van der Waals surface area contributed by atoms with Gasteiger partial charge in [0, 0.05) is 25.0 Å². The van der Waals surface area contributed by atoms with Crippen LogP contribution in [0.5, 0.6) is 0 Å². The first-order chi connectivity index (χ1) is 18.1. The minimum absolute atomic E-state index is 0.218. The number of hydrogen-bond acceptors (Lipinski definition) is 9. The largest absolute Gasteiger partial charge is 0.860 e. The first kappa shape index (κ1) is 27.3. The number of halogens is 1. The molecule has 1 amide bonds. The van der Waals surface area contributed by atoms with E-state index in [1.165, 1.54) is 23.9 Å². The van der Waals surface area contributed by atoms with Crippen molar-refractivity contribution in [1.82, 2.24) is 10.6 Å². The van der Waals surface area contributed by atoms with Gasteiger partial charge in [0.05, 0.1) is 21.1 Å². The fraction of sp³-hybridized carbons (Fsp3) is 0.250. The van der Waals surface area contributed by atoms with Crippen molar-refractivity contribution >= 4 is 39.3 Å². The molecule has 2 aromatic carbocycles. The minimum Gasteiger partial charge on any atom is -0.860 e. The lowest BCUT2D eigenvalue weighted by molar-refractivity contribution is -0.384. The van der Waals surface area contributed by atoms with Crippen LogP contribution in [0.3, 0.4) is 0 Å². The summed E-state index contributed by atoms with van der Waals surface area (Å²) in [7, 11) is -4.53. The second-order valence-electron chi connectivity index (χ2n) is 8.25. The number of nitro groups is 1. The van der Waals surface area contributed by atoms with Gasteiger partial charge >= 0.3 is 0 Å². The molecule has 1 aromatic heterocycles. The molecule has 2 heterocycles. The second kappa shape index (κ2) is 11.3. The maximum atomic E-state index is 13.5. The summed E-state index contributed by atoms with van der Waals surface area (Å²) in [6.07, 6.45) is 1.02. The smallest absolute Gasteiger partial charge is 0.281 e. The molecular weight excluding hydrogens is 539 g/mol. The molecule has 0 radical (unpaired) electrons. The first-order valence-corrected chi connectivity index (χ1v) is 13.8. The Morgan fingerprint density at radius 1 is 1.16 bits per heavy atom. The second-order valence-corrected chi connectivity index (χ2v) is 11.2. The van der Waals surface area contributed by atoms with Crippen LogP contribution >= 0.6 is 11.8 Å². The molecule has 0 bridgehead atoms. The number of nitrogens with one attached hydrogen (secondary N) is 2. The van der Waals surface area contributed by atoms with Crippen LogP contribution in [0.2, 0.25) is 0 Å². The Labute approximate surface area is 221 Å². The van der Waals surface area contributed by atoms with Crippen LogP contribution in [0.15, 0.2) is 74.4 Å². The van der Waals surface area contributed by atoms with Crippen molar-refractivity contribution in [3.63, 3.8) is 0 Å². The van der Waals surface area contributed by atoms with Crippen molar-refractivity contribution < 1.29 is 32.0 Å². The third-order valence-electron chi connectivity index (χ3n) is 5.64. The zero-order valence-electron chi connectivity index (χ0n) is 19.9. The number of amides is 1. The molecule has 1 aliphatic heterocycles. The highest BCUT2D eigenvalue weighted by molar-refractivity contribution is 8.01. The van der Waals surface area contributed by atoms with Gasteiger partial charge in [0.1, 0.15) is 22.8 Å². The van der Waals surface area contributed by atoms with E-state index in [1.54, 1.807) is 6.07 Å². The molecule has 3 aromatic rings. The first-order valence-electron chi connectivity index (χ1n) is 11.4. The lowest BCUT2D eigenvalue weighted by Crippen LogP contribution is -2.45. The van der Waals surface area contributed by atoms with Crippen molar-refractivity contribution in [3.8, 4) is 0 Å². The van der Waals surface area contributed by atoms with E-state index in [0.29, 0.717) is 18.6 Å². The highest BCUT2D eigenvalue weighted by Crippen LogP contribution is 2.29. The Balaban J connectivity index is 1.56. The summed E-state index contributed by atoms with van der Waals surface area (Å²) >= 11 is 1.18. The third-order valence-corrected chi connectivity index (χ3v) is 8.17. The number of non-ortho nitro benzene ring substituents is 1. The Hall–Kier alpha value is -3.75. The molecule has 1 fully saturated rings. The highest BCUT2D eigenvalue weighted by Gasteiger charge is 2.35. The topological polar surface area (TPSA) is 167 Å². The van der Waals surface area contributed by atoms with Gasteiger partial charge in [0.25, 0.3) is 15.7 Å². The number of carbonyl (C=O) groups excluding carboxylic acids is 1. The molecule has 11 nitrogen and oxygen atoms in total.